The smallest absolute Gasteiger partial charge is 0.381 e. The molecule has 1 N–H and O–H groups in total. The van der Waals surface area contributed by atoms with Crippen LogP contribution < -0.4 is 5.32 Å². The van der Waals surface area contributed by atoms with Crippen molar-refractivity contribution in [3.05, 3.63) is 66.4 Å². The van der Waals surface area contributed by atoms with Crippen LogP contribution in [-0.2, 0) is 30.7 Å². The minimum Gasteiger partial charge on any atom is -0.381 e. The molecule has 50 heavy (non-hydrogen) atoms. The molecule has 0 atom stereocenters. The predicted octanol–water partition coefficient (Wildman–Crippen LogP) is 6.22. The Morgan fingerprint density at radius 2 is 1.52 bits per heavy atom. The first-order valence-corrected chi connectivity index (χ1v) is 16.6. The van der Waals surface area contributed by atoms with Crippen molar-refractivity contribution in [2.45, 2.75) is 61.8 Å². The van der Waals surface area contributed by atoms with E-state index < -0.39 is 51.1 Å². The average molecular weight is 726 g/mol. The van der Waals surface area contributed by atoms with E-state index in [4.69, 9.17) is 9.26 Å². The van der Waals surface area contributed by atoms with Gasteiger partial charge < -0.3 is 19.5 Å². The number of hydrogen-bond donors (Lipinski definition) is 1. The summed E-state index contributed by atoms with van der Waals surface area (Å²) in [5, 5.41) is 4.93. The SMILES string of the molecule is CC(C)S(=O)(=O)c1ccc(-c2cnc(NC(=O)C(F)(F)F)c(-c3cc(-c4ccc(CN(C(=O)C(F)(F)F)C5CCOCC5)cc4)no3)n2)cc1. The number of anilines is 1. The number of carbonyl (C=O) groups excluding carboxylic acids is 2. The predicted molar refractivity (Wildman–Crippen MR) is 166 cm³/mol. The number of sulfone groups is 1. The number of nitrogens with one attached hydrogen (secondary N) is 1. The van der Waals surface area contributed by atoms with Gasteiger partial charge in [0.1, 0.15) is 5.69 Å². The lowest BCUT2D eigenvalue weighted by Gasteiger charge is -2.34. The topological polar surface area (TPSA) is 145 Å². The Bertz CT molecular complexity index is 1960. The van der Waals surface area contributed by atoms with Crippen LogP contribution in [0, 0.1) is 0 Å². The van der Waals surface area contributed by atoms with E-state index >= 15 is 0 Å². The third-order valence-electron chi connectivity index (χ3n) is 7.84. The fraction of sp³-hybridized carbons (Fsp3) is 0.344. The van der Waals surface area contributed by atoms with Gasteiger partial charge in [0, 0.05) is 43.0 Å². The summed E-state index contributed by atoms with van der Waals surface area (Å²) in [4.78, 5) is 33.2. The lowest BCUT2D eigenvalue weighted by molar-refractivity contribution is -0.190. The average Bonchev–Trinajstić information content (AvgIpc) is 3.57. The second-order valence-corrected chi connectivity index (χ2v) is 14.1. The Morgan fingerprint density at radius 3 is 2.10 bits per heavy atom. The molecular weight excluding hydrogens is 696 g/mol. The lowest BCUT2D eigenvalue weighted by atomic mass is 10.0. The molecule has 2 aromatic heterocycles. The first-order valence-electron chi connectivity index (χ1n) is 15.1. The molecule has 0 saturated carbocycles. The van der Waals surface area contributed by atoms with Crippen LogP contribution in [0.1, 0.15) is 32.3 Å². The molecule has 2 aromatic carbocycles. The van der Waals surface area contributed by atoms with E-state index in [-0.39, 0.29) is 60.3 Å². The molecule has 1 aliphatic heterocycles. The van der Waals surface area contributed by atoms with Gasteiger partial charge in [-0.1, -0.05) is 41.6 Å². The first-order chi connectivity index (χ1) is 23.4. The van der Waals surface area contributed by atoms with Gasteiger partial charge in [-0.15, -0.1) is 0 Å². The summed E-state index contributed by atoms with van der Waals surface area (Å²) in [5.74, 6) is -5.08. The highest BCUT2D eigenvalue weighted by Crippen LogP contribution is 2.33. The molecule has 0 unspecified atom stereocenters. The van der Waals surface area contributed by atoms with Gasteiger partial charge in [-0.05, 0) is 44.4 Å². The number of ether oxygens (including phenoxy) is 1. The van der Waals surface area contributed by atoms with Crippen molar-refractivity contribution in [2.75, 3.05) is 18.5 Å². The summed E-state index contributed by atoms with van der Waals surface area (Å²) in [6.07, 6.45) is -8.73. The molecule has 11 nitrogen and oxygen atoms in total. The quantitative estimate of drug-likeness (QED) is 0.199. The third kappa shape index (κ3) is 8.13. The zero-order valence-electron chi connectivity index (χ0n) is 26.4. The standard InChI is InChI=1S/C32H29F6N5O6S/c1-18(2)50(46,47)23-9-7-21(8-10-23)25-16-39-28(41-29(44)31(33,34)35)27(40-25)26-15-24(42-49-26)20-5-3-19(4-6-20)17-43(30(45)32(36,37)38)22-11-13-48-14-12-22/h3-10,15-16,18,22H,11-14,17H2,1-2H3,(H,39,41,44). The minimum atomic E-state index is -5.26. The first kappa shape index (κ1) is 36.4. The van der Waals surface area contributed by atoms with Crippen molar-refractivity contribution in [3.63, 3.8) is 0 Å². The van der Waals surface area contributed by atoms with Crippen LogP contribution in [0.2, 0.25) is 0 Å². The Hall–Kier alpha value is -4.84. The van der Waals surface area contributed by atoms with E-state index in [0.717, 1.165) is 11.1 Å². The molecule has 4 aromatic rings. The number of hydrogen-bond acceptors (Lipinski definition) is 9. The van der Waals surface area contributed by atoms with Gasteiger partial charge in [0.2, 0.25) is 0 Å². The van der Waals surface area contributed by atoms with Crippen molar-refractivity contribution < 1.29 is 53.6 Å². The van der Waals surface area contributed by atoms with Crippen molar-refractivity contribution in [1.29, 1.82) is 0 Å². The van der Waals surface area contributed by atoms with E-state index in [2.05, 4.69) is 15.1 Å². The number of benzene rings is 2. The van der Waals surface area contributed by atoms with Gasteiger partial charge in [0.15, 0.2) is 27.1 Å². The number of rotatable bonds is 9. The molecule has 5 rings (SSSR count). The summed E-state index contributed by atoms with van der Waals surface area (Å²) in [7, 11) is -3.59. The van der Waals surface area contributed by atoms with Crippen LogP contribution >= 0.6 is 0 Å². The monoisotopic (exact) mass is 725 g/mol. The maximum atomic E-state index is 13.4. The number of amides is 2. The zero-order chi connectivity index (χ0) is 36.4. The van der Waals surface area contributed by atoms with E-state index in [0.29, 0.717) is 16.7 Å². The molecule has 0 bridgehead atoms. The molecule has 1 fully saturated rings. The van der Waals surface area contributed by atoms with Crippen LogP contribution in [0.3, 0.4) is 0 Å². The Morgan fingerprint density at radius 1 is 0.920 bits per heavy atom. The van der Waals surface area contributed by atoms with Crippen molar-refractivity contribution in [1.82, 2.24) is 20.0 Å². The molecule has 3 heterocycles. The van der Waals surface area contributed by atoms with Gasteiger partial charge in [0.25, 0.3) is 0 Å². The molecule has 0 radical (unpaired) electrons. The molecule has 1 aliphatic rings. The lowest BCUT2D eigenvalue weighted by Crippen LogP contribution is -2.48. The van der Waals surface area contributed by atoms with E-state index in [9.17, 15) is 44.3 Å². The Labute approximate surface area is 281 Å². The molecule has 0 spiro atoms. The highest BCUT2D eigenvalue weighted by Gasteiger charge is 2.45. The van der Waals surface area contributed by atoms with Crippen LogP contribution in [0.25, 0.3) is 34.0 Å². The number of carbonyl (C=O) groups is 2. The summed E-state index contributed by atoms with van der Waals surface area (Å²) in [5.41, 5.74) is 1.07. The summed E-state index contributed by atoms with van der Waals surface area (Å²) in [6, 6.07) is 12.3. The Kier molecular flexibility index (Phi) is 10.3. The molecule has 2 amide bonds. The minimum absolute atomic E-state index is 0.0487. The maximum absolute atomic E-state index is 13.4. The number of halogens is 6. The highest BCUT2D eigenvalue weighted by molar-refractivity contribution is 7.92. The van der Waals surface area contributed by atoms with Crippen LogP contribution in [-0.4, -0.2) is 77.1 Å². The molecule has 266 valence electrons. The van der Waals surface area contributed by atoms with E-state index in [1.54, 1.807) is 5.32 Å². The fourth-order valence-electron chi connectivity index (χ4n) is 5.08. The summed E-state index contributed by atoms with van der Waals surface area (Å²) < 4.78 is 115. The molecule has 0 aliphatic carbocycles. The fourth-order valence-corrected chi connectivity index (χ4v) is 6.14. The zero-order valence-corrected chi connectivity index (χ0v) is 27.2. The van der Waals surface area contributed by atoms with E-state index in [1.807, 2.05) is 0 Å². The highest BCUT2D eigenvalue weighted by atomic mass is 32.2. The van der Waals surface area contributed by atoms with Gasteiger partial charge in [-0.2, -0.15) is 26.3 Å². The van der Waals surface area contributed by atoms with Gasteiger partial charge in [-0.25, -0.2) is 18.4 Å². The Balaban J connectivity index is 1.44. The van der Waals surface area contributed by atoms with Crippen molar-refractivity contribution in [2.24, 2.45) is 0 Å². The maximum Gasteiger partial charge on any atom is 0.471 e. The molecule has 18 heteroatoms. The summed E-state index contributed by atoms with van der Waals surface area (Å²) in [6.45, 7) is 3.19. The molecular formula is C32H29F6N5O6S. The number of alkyl halides is 6. The second kappa shape index (κ2) is 14.2. The van der Waals surface area contributed by atoms with Gasteiger partial charge in [-0.3, -0.25) is 9.59 Å². The van der Waals surface area contributed by atoms with Crippen LogP contribution in [0.15, 0.2) is 70.2 Å². The molecule has 1 saturated heterocycles. The summed E-state index contributed by atoms with van der Waals surface area (Å²) >= 11 is 0. The van der Waals surface area contributed by atoms with Gasteiger partial charge >= 0.3 is 24.2 Å². The largest absolute Gasteiger partial charge is 0.471 e. The van der Waals surface area contributed by atoms with Crippen LogP contribution in [0.5, 0.6) is 0 Å². The third-order valence-corrected chi connectivity index (χ3v) is 10.0. The normalized spacial score (nSPS) is 14.5. The van der Waals surface area contributed by atoms with Crippen molar-refractivity contribution in [3.8, 4) is 34.0 Å². The van der Waals surface area contributed by atoms with Gasteiger partial charge in [0.05, 0.1) is 22.0 Å². The van der Waals surface area contributed by atoms with Crippen molar-refractivity contribution >= 4 is 27.5 Å². The number of nitrogens with zero attached hydrogens (tertiary/aromatic N) is 4. The second-order valence-electron chi connectivity index (χ2n) is 11.6. The van der Waals surface area contributed by atoms with Crippen LogP contribution in [0.4, 0.5) is 32.2 Å². The van der Waals surface area contributed by atoms with E-state index in [1.165, 1.54) is 68.4 Å². The number of aromatic nitrogens is 3.